The molecule has 142 valence electrons. The molecule has 0 heterocycles. The third kappa shape index (κ3) is 8.58. The minimum Gasteiger partial charge on any atom is -0.252 e. The summed E-state index contributed by atoms with van der Waals surface area (Å²) in [5, 5.41) is 0. The zero-order valence-electron chi connectivity index (χ0n) is 15.9. The molecule has 0 spiro atoms. The maximum absolute atomic E-state index is 4.87. The smallest absolute Gasteiger partial charge is 0.0633 e. The zero-order valence-corrected chi connectivity index (χ0v) is 16.9. The Balaban J connectivity index is 0.00000338. The first-order valence-corrected chi connectivity index (χ1v) is 9.53. The Kier molecular flexibility index (Phi) is 11.6. The molecule has 0 N–H and O–H groups in total. The van der Waals surface area contributed by atoms with Crippen LogP contribution in [0.15, 0.2) is 70.6 Å². The Labute approximate surface area is 168 Å². The predicted octanol–water partition coefficient (Wildman–Crippen LogP) is 7.30. The minimum atomic E-state index is 0. The van der Waals surface area contributed by atoms with E-state index in [1.54, 1.807) is 0 Å². The Hall–Kier alpha value is -1.73. The van der Waals surface area contributed by atoms with Crippen molar-refractivity contribution in [3.8, 4) is 0 Å². The number of unbranched alkanes of at least 4 members (excludes halogenated alkanes) is 5. The molecule has 0 radical (unpaired) electrons. The van der Waals surface area contributed by atoms with Gasteiger partial charge in [-0.05, 0) is 44.0 Å². The van der Waals surface area contributed by atoms with Crippen LogP contribution in [0.5, 0.6) is 0 Å². The summed E-state index contributed by atoms with van der Waals surface area (Å²) in [6.45, 7) is 4.33. The number of hydrogen-bond acceptors (Lipinski definition) is 2. The van der Waals surface area contributed by atoms with Crippen molar-refractivity contribution in [3.05, 3.63) is 60.7 Å². The second-order valence-electron chi connectivity index (χ2n) is 6.44. The van der Waals surface area contributed by atoms with Gasteiger partial charge in [-0.15, -0.1) is 0 Å². The molecule has 2 rings (SSSR count). The van der Waals surface area contributed by atoms with Crippen LogP contribution in [0.4, 0.5) is 11.4 Å². The average Bonchev–Trinajstić information content (AvgIpc) is 2.65. The summed E-state index contributed by atoms with van der Waals surface area (Å²) in [5.41, 5.74) is 4.11. The van der Waals surface area contributed by atoms with Gasteiger partial charge in [0.25, 0.3) is 0 Å². The van der Waals surface area contributed by atoms with Crippen LogP contribution >= 0.6 is 0 Å². The van der Waals surface area contributed by atoms with Crippen molar-refractivity contribution in [1.29, 1.82) is 0 Å². The fourth-order valence-corrected chi connectivity index (χ4v) is 2.81. The second-order valence-corrected chi connectivity index (χ2v) is 6.44. The van der Waals surface area contributed by atoms with Gasteiger partial charge in [-0.1, -0.05) is 75.4 Å². The molecule has 3 heteroatoms. The molecule has 0 saturated carbocycles. The van der Waals surface area contributed by atoms with E-state index in [4.69, 9.17) is 9.98 Å². The van der Waals surface area contributed by atoms with Crippen molar-refractivity contribution in [2.45, 2.75) is 58.8 Å². The SMILES string of the molecule is CCCCCCCCC(=N\c1ccccc1)/C(C)=N/c1ccccc1.[Ni]. The number of aliphatic imine (C=N–C) groups is 2. The number of para-hydroxylation sites is 2. The van der Waals surface area contributed by atoms with Gasteiger partial charge < -0.3 is 0 Å². The molecule has 2 aromatic rings. The van der Waals surface area contributed by atoms with Gasteiger partial charge in [-0.3, -0.25) is 9.98 Å². The summed E-state index contributed by atoms with van der Waals surface area (Å²) in [4.78, 5) is 9.64. The number of hydrogen-bond donors (Lipinski definition) is 0. The number of benzene rings is 2. The van der Waals surface area contributed by atoms with Gasteiger partial charge in [-0.25, -0.2) is 0 Å². The number of rotatable bonds is 10. The normalized spacial score (nSPS) is 11.9. The van der Waals surface area contributed by atoms with E-state index < -0.39 is 0 Å². The van der Waals surface area contributed by atoms with Gasteiger partial charge in [0.2, 0.25) is 0 Å². The fraction of sp³-hybridized carbons (Fsp3) is 0.391. The largest absolute Gasteiger partial charge is 0.252 e. The summed E-state index contributed by atoms with van der Waals surface area (Å²) in [5.74, 6) is 0. The molecule has 2 aromatic carbocycles. The summed E-state index contributed by atoms with van der Waals surface area (Å²) in [6, 6.07) is 20.3. The fourth-order valence-electron chi connectivity index (χ4n) is 2.81. The molecule has 2 nitrogen and oxygen atoms in total. The second kappa shape index (κ2) is 13.5. The van der Waals surface area contributed by atoms with Crippen LogP contribution < -0.4 is 0 Å². The zero-order chi connectivity index (χ0) is 17.7. The topological polar surface area (TPSA) is 24.7 Å². The summed E-state index contributed by atoms with van der Waals surface area (Å²) >= 11 is 0. The molecule has 0 aliphatic heterocycles. The van der Waals surface area contributed by atoms with Gasteiger partial charge in [0.1, 0.15) is 0 Å². The molecule has 0 bridgehead atoms. The van der Waals surface area contributed by atoms with Gasteiger partial charge in [-0.2, -0.15) is 0 Å². The van der Waals surface area contributed by atoms with Crippen molar-refractivity contribution in [3.63, 3.8) is 0 Å². The first-order chi connectivity index (χ1) is 12.3. The van der Waals surface area contributed by atoms with Gasteiger partial charge in [0, 0.05) is 16.5 Å². The monoisotopic (exact) mass is 392 g/mol. The van der Waals surface area contributed by atoms with Crippen LogP contribution in [-0.4, -0.2) is 11.4 Å². The summed E-state index contributed by atoms with van der Waals surface area (Å²) in [7, 11) is 0. The quantitative estimate of drug-likeness (QED) is 0.230. The molecule has 0 amide bonds. The van der Waals surface area contributed by atoms with E-state index in [0.29, 0.717) is 0 Å². The first-order valence-electron chi connectivity index (χ1n) is 9.53. The van der Waals surface area contributed by atoms with Gasteiger partial charge in [0.15, 0.2) is 0 Å². The van der Waals surface area contributed by atoms with Crippen molar-refractivity contribution < 1.29 is 16.5 Å². The Morgan fingerprint density at radius 2 is 1.19 bits per heavy atom. The third-order valence-electron chi connectivity index (χ3n) is 4.26. The van der Waals surface area contributed by atoms with E-state index in [1.165, 1.54) is 38.5 Å². The molecule has 0 aromatic heterocycles. The van der Waals surface area contributed by atoms with E-state index in [-0.39, 0.29) is 16.5 Å². The van der Waals surface area contributed by atoms with Crippen molar-refractivity contribution in [1.82, 2.24) is 0 Å². The molecule has 0 unspecified atom stereocenters. The van der Waals surface area contributed by atoms with Gasteiger partial charge in [0.05, 0.1) is 22.8 Å². The van der Waals surface area contributed by atoms with E-state index in [2.05, 4.69) is 26.0 Å². The van der Waals surface area contributed by atoms with Crippen molar-refractivity contribution in [2.75, 3.05) is 0 Å². The molecular weight excluding hydrogens is 363 g/mol. The maximum Gasteiger partial charge on any atom is 0.0633 e. The third-order valence-corrected chi connectivity index (χ3v) is 4.26. The van der Waals surface area contributed by atoms with Crippen LogP contribution in [0.25, 0.3) is 0 Å². The van der Waals surface area contributed by atoms with Crippen molar-refractivity contribution in [2.24, 2.45) is 9.98 Å². The van der Waals surface area contributed by atoms with Crippen LogP contribution in [0, 0.1) is 0 Å². The van der Waals surface area contributed by atoms with E-state index in [9.17, 15) is 0 Å². The first kappa shape index (κ1) is 22.3. The number of nitrogens with zero attached hydrogens (tertiary/aromatic N) is 2. The van der Waals surface area contributed by atoms with Crippen LogP contribution in [0.2, 0.25) is 0 Å². The summed E-state index contributed by atoms with van der Waals surface area (Å²) in [6.07, 6.45) is 8.75. The summed E-state index contributed by atoms with van der Waals surface area (Å²) < 4.78 is 0. The molecular formula is C23H30N2Ni. The molecule has 0 atom stereocenters. The maximum atomic E-state index is 4.87. The van der Waals surface area contributed by atoms with E-state index >= 15 is 0 Å². The van der Waals surface area contributed by atoms with Crippen LogP contribution in [0.1, 0.15) is 58.8 Å². The Bertz CT molecular complexity index is 663. The van der Waals surface area contributed by atoms with E-state index in [0.717, 1.165) is 29.2 Å². The predicted molar refractivity (Wildman–Crippen MR) is 111 cm³/mol. The van der Waals surface area contributed by atoms with Crippen molar-refractivity contribution >= 4 is 22.8 Å². The Morgan fingerprint density at radius 1 is 0.692 bits per heavy atom. The minimum absolute atomic E-state index is 0. The van der Waals surface area contributed by atoms with Gasteiger partial charge >= 0.3 is 0 Å². The molecule has 0 saturated heterocycles. The molecule has 0 aliphatic rings. The van der Waals surface area contributed by atoms with Crippen LogP contribution in [0.3, 0.4) is 0 Å². The van der Waals surface area contributed by atoms with E-state index in [1.807, 2.05) is 48.5 Å². The van der Waals surface area contributed by atoms with Crippen LogP contribution in [-0.2, 0) is 16.5 Å². The molecule has 0 aliphatic carbocycles. The average molecular weight is 393 g/mol. The Morgan fingerprint density at radius 3 is 1.77 bits per heavy atom. The molecule has 26 heavy (non-hydrogen) atoms. The molecule has 0 fully saturated rings. The standard InChI is InChI=1S/C23H30N2.Ni/c1-3-4-5-6-7-14-19-23(25-22-17-12-9-13-18-22)20(2)24-21-15-10-8-11-16-21;/h8-13,15-18H,3-7,14,19H2,1-2H3;/b24-20+,25-23+;.